The molecule has 94 valence electrons. The van der Waals surface area contributed by atoms with Crippen molar-refractivity contribution in [3.8, 4) is 5.75 Å². The van der Waals surface area contributed by atoms with E-state index in [0.29, 0.717) is 5.88 Å². The molecule has 0 bridgehead atoms. The summed E-state index contributed by atoms with van der Waals surface area (Å²) in [6, 6.07) is 8.26. The highest BCUT2D eigenvalue weighted by Gasteiger charge is 2.24. The predicted molar refractivity (Wildman–Crippen MR) is 72.0 cm³/mol. The largest absolute Gasteiger partial charge is 0.488 e. The Hall–Kier alpha value is -0.730. The van der Waals surface area contributed by atoms with Gasteiger partial charge in [0.05, 0.1) is 0 Å². The average molecular weight is 254 g/mol. The highest BCUT2D eigenvalue weighted by atomic mass is 35.5. The number of para-hydroxylation sites is 1. The zero-order chi connectivity index (χ0) is 12.3. The second-order valence-electron chi connectivity index (χ2n) is 5.26. The maximum Gasteiger partial charge on any atom is 0.123 e. The van der Waals surface area contributed by atoms with Gasteiger partial charge in [-0.05, 0) is 31.9 Å². The Morgan fingerprint density at radius 3 is 2.88 bits per heavy atom. The molecule has 1 aromatic carbocycles. The van der Waals surface area contributed by atoms with E-state index < -0.39 is 0 Å². The third-order valence-electron chi connectivity index (χ3n) is 3.24. The highest BCUT2D eigenvalue weighted by molar-refractivity contribution is 6.17. The summed E-state index contributed by atoms with van der Waals surface area (Å²) in [5, 5.41) is 3.53. The lowest BCUT2D eigenvalue weighted by Gasteiger charge is -2.27. The highest BCUT2D eigenvalue weighted by Crippen LogP contribution is 2.28. The Kier molecular flexibility index (Phi) is 3.95. The normalized spacial score (nSPS) is 18.9. The van der Waals surface area contributed by atoms with E-state index in [4.69, 9.17) is 16.3 Å². The Morgan fingerprint density at radius 1 is 1.41 bits per heavy atom. The molecule has 0 saturated heterocycles. The lowest BCUT2D eigenvalue weighted by molar-refractivity contribution is 0.207. The number of nitrogens with one attached hydrogen (secondary N) is 1. The van der Waals surface area contributed by atoms with Crippen molar-refractivity contribution in [1.82, 2.24) is 5.32 Å². The van der Waals surface area contributed by atoms with Crippen LogP contribution in [-0.4, -0.2) is 24.1 Å². The van der Waals surface area contributed by atoms with Gasteiger partial charge in [0.2, 0.25) is 0 Å². The average Bonchev–Trinajstić information content (AvgIpc) is 2.69. The van der Waals surface area contributed by atoms with Gasteiger partial charge in [0.1, 0.15) is 11.9 Å². The quantitative estimate of drug-likeness (QED) is 0.815. The molecule has 0 saturated carbocycles. The Labute approximate surface area is 108 Å². The first kappa shape index (κ1) is 12.7. The first-order valence-electron chi connectivity index (χ1n) is 6.16. The second kappa shape index (κ2) is 5.28. The Balaban J connectivity index is 1.84. The zero-order valence-electron chi connectivity index (χ0n) is 10.5. The second-order valence-corrected chi connectivity index (χ2v) is 5.63. The number of ether oxygens (including phenoxy) is 1. The van der Waals surface area contributed by atoms with Gasteiger partial charge in [0.15, 0.2) is 0 Å². The van der Waals surface area contributed by atoms with Gasteiger partial charge in [-0.3, -0.25) is 0 Å². The van der Waals surface area contributed by atoms with Crippen molar-refractivity contribution in [2.45, 2.75) is 38.3 Å². The number of hydrogen-bond donors (Lipinski definition) is 1. The molecule has 0 aromatic heterocycles. The third kappa shape index (κ3) is 3.36. The summed E-state index contributed by atoms with van der Waals surface area (Å²) < 4.78 is 5.88. The number of fused-ring (bicyclic) bond motifs is 1. The molecular formula is C14H20ClNO. The molecule has 1 atom stereocenters. The minimum atomic E-state index is 0.0832. The van der Waals surface area contributed by atoms with E-state index in [-0.39, 0.29) is 11.6 Å². The summed E-state index contributed by atoms with van der Waals surface area (Å²) in [6.07, 6.45) is 2.22. The van der Waals surface area contributed by atoms with Crippen molar-refractivity contribution in [2.24, 2.45) is 0 Å². The molecule has 1 aliphatic heterocycles. The van der Waals surface area contributed by atoms with Gasteiger partial charge in [0.25, 0.3) is 0 Å². The lowest BCUT2D eigenvalue weighted by Crippen LogP contribution is -2.44. The lowest BCUT2D eigenvalue weighted by atomic mass is 10.0. The van der Waals surface area contributed by atoms with E-state index in [1.54, 1.807) is 0 Å². The standard InChI is InChI=1S/C14H20ClNO/c1-14(2,7-8-15)16-10-12-9-11-5-3-4-6-13(11)17-12/h3-6,12,16H,7-10H2,1-2H3. The molecule has 1 aliphatic rings. The Bertz CT molecular complexity index is 353. The van der Waals surface area contributed by atoms with Crippen LogP contribution in [0.15, 0.2) is 24.3 Å². The van der Waals surface area contributed by atoms with Gasteiger partial charge in [-0.1, -0.05) is 18.2 Å². The van der Waals surface area contributed by atoms with E-state index in [1.807, 2.05) is 12.1 Å². The maximum atomic E-state index is 5.88. The summed E-state index contributed by atoms with van der Waals surface area (Å²) in [6.45, 7) is 5.23. The first-order chi connectivity index (χ1) is 8.11. The fraction of sp³-hybridized carbons (Fsp3) is 0.571. The predicted octanol–water partition coefficient (Wildman–Crippen LogP) is 2.99. The molecule has 3 heteroatoms. The molecule has 0 aliphatic carbocycles. The van der Waals surface area contributed by atoms with Gasteiger partial charge in [-0.25, -0.2) is 0 Å². The first-order valence-corrected chi connectivity index (χ1v) is 6.70. The summed E-state index contributed by atoms with van der Waals surface area (Å²) in [5.74, 6) is 1.72. The summed E-state index contributed by atoms with van der Waals surface area (Å²) in [7, 11) is 0. The van der Waals surface area contributed by atoms with Gasteiger partial charge >= 0.3 is 0 Å². The number of alkyl halides is 1. The van der Waals surface area contributed by atoms with Crippen molar-refractivity contribution in [1.29, 1.82) is 0 Å². The minimum absolute atomic E-state index is 0.0832. The molecular weight excluding hydrogens is 234 g/mol. The van der Waals surface area contributed by atoms with Crippen LogP contribution in [0, 0.1) is 0 Å². The van der Waals surface area contributed by atoms with E-state index in [0.717, 1.165) is 25.1 Å². The molecule has 1 N–H and O–H groups in total. The van der Waals surface area contributed by atoms with Crippen molar-refractivity contribution < 1.29 is 4.74 Å². The smallest absolute Gasteiger partial charge is 0.123 e. The monoisotopic (exact) mass is 253 g/mol. The van der Waals surface area contributed by atoms with Crippen molar-refractivity contribution in [3.05, 3.63) is 29.8 Å². The molecule has 0 spiro atoms. The van der Waals surface area contributed by atoms with E-state index in [2.05, 4.69) is 31.3 Å². The van der Waals surface area contributed by atoms with Crippen molar-refractivity contribution >= 4 is 11.6 Å². The van der Waals surface area contributed by atoms with Crippen LogP contribution in [0.3, 0.4) is 0 Å². The van der Waals surface area contributed by atoms with Gasteiger partial charge in [0, 0.05) is 24.4 Å². The number of benzene rings is 1. The third-order valence-corrected chi connectivity index (χ3v) is 3.43. The Morgan fingerprint density at radius 2 is 2.18 bits per heavy atom. The molecule has 2 nitrogen and oxygen atoms in total. The van der Waals surface area contributed by atoms with Crippen molar-refractivity contribution in [2.75, 3.05) is 12.4 Å². The van der Waals surface area contributed by atoms with Gasteiger partial charge in [-0.15, -0.1) is 11.6 Å². The molecule has 2 rings (SSSR count). The minimum Gasteiger partial charge on any atom is -0.488 e. The van der Waals surface area contributed by atoms with Gasteiger partial charge < -0.3 is 10.1 Å². The molecule has 0 amide bonds. The van der Waals surface area contributed by atoms with Crippen LogP contribution >= 0.6 is 11.6 Å². The van der Waals surface area contributed by atoms with Crippen LogP contribution in [0.25, 0.3) is 0 Å². The summed E-state index contributed by atoms with van der Waals surface area (Å²) >= 11 is 5.78. The van der Waals surface area contributed by atoms with Crippen LogP contribution in [0.4, 0.5) is 0 Å². The molecule has 0 radical (unpaired) electrons. The fourth-order valence-corrected chi connectivity index (χ4v) is 2.55. The number of halogens is 1. The van der Waals surface area contributed by atoms with Crippen LogP contribution < -0.4 is 10.1 Å². The van der Waals surface area contributed by atoms with Crippen LogP contribution in [0.5, 0.6) is 5.75 Å². The fourth-order valence-electron chi connectivity index (χ4n) is 2.08. The molecule has 1 heterocycles. The molecule has 1 unspecified atom stereocenters. The van der Waals surface area contributed by atoms with E-state index in [9.17, 15) is 0 Å². The topological polar surface area (TPSA) is 21.3 Å². The molecule has 0 fully saturated rings. The van der Waals surface area contributed by atoms with Crippen molar-refractivity contribution in [3.63, 3.8) is 0 Å². The SMILES string of the molecule is CC(C)(CCCl)NCC1Cc2ccccc2O1. The molecule has 1 aromatic rings. The van der Waals surface area contributed by atoms with E-state index >= 15 is 0 Å². The van der Waals surface area contributed by atoms with Crippen LogP contribution in [-0.2, 0) is 6.42 Å². The summed E-state index contributed by atoms with van der Waals surface area (Å²) in [5.41, 5.74) is 1.40. The van der Waals surface area contributed by atoms with E-state index in [1.165, 1.54) is 5.56 Å². The molecule has 17 heavy (non-hydrogen) atoms. The number of hydrogen-bond acceptors (Lipinski definition) is 2. The van der Waals surface area contributed by atoms with Gasteiger partial charge in [-0.2, -0.15) is 0 Å². The maximum absolute atomic E-state index is 5.88. The number of rotatable bonds is 5. The van der Waals surface area contributed by atoms with Crippen LogP contribution in [0.2, 0.25) is 0 Å². The zero-order valence-corrected chi connectivity index (χ0v) is 11.3. The summed E-state index contributed by atoms with van der Waals surface area (Å²) in [4.78, 5) is 0. The van der Waals surface area contributed by atoms with Crippen LogP contribution in [0.1, 0.15) is 25.8 Å².